The molecule has 1 N–H and O–H groups in total. The second-order valence-electron chi connectivity index (χ2n) is 3.56. The van der Waals surface area contributed by atoms with Crippen molar-refractivity contribution < 1.29 is 9.53 Å². The fourth-order valence-electron chi connectivity index (χ4n) is 1.74. The molecule has 1 aliphatic heterocycles. The van der Waals surface area contributed by atoms with Crippen LogP contribution in [0.1, 0.15) is 11.7 Å². The second kappa shape index (κ2) is 3.90. The summed E-state index contributed by atoms with van der Waals surface area (Å²) in [7, 11) is 3.43. The molecule has 4 heteroatoms. The summed E-state index contributed by atoms with van der Waals surface area (Å²) in [5, 5.41) is 3.14. The fourth-order valence-corrected chi connectivity index (χ4v) is 1.74. The zero-order valence-electron chi connectivity index (χ0n) is 8.86. The van der Waals surface area contributed by atoms with E-state index in [1.807, 2.05) is 24.3 Å². The van der Waals surface area contributed by atoms with E-state index in [1.165, 1.54) is 0 Å². The van der Waals surface area contributed by atoms with Gasteiger partial charge in [0.1, 0.15) is 11.9 Å². The molecule has 0 radical (unpaired) electrons. The molecule has 1 amide bonds. The molecular formula is C11H14N2O2. The maximum Gasteiger partial charge on any atom is 0.237 e. The van der Waals surface area contributed by atoms with Crippen molar-refractivity contribution >= 4 is 5.91 Å². The molecule has 4 nitrogen and oxygen atoms in total. The lowest BCUT2D eigenvalue weighted by atomic mass is 10.1. The maximum atomic E-state index is 11.3. The first-order valence-corrected chi connectivity index (χ1v) is 4.85. The predicted molar refractivity (Wildman–Crippen MR) is 56.5 cm³/mol. The Morgan fingerprint density at radius 3 is 2.93 bits per heavy atom. The summed E-state index contributed by atoms with van der Waals surface area (Å²) in [6.45, 7) is 0.401. The van der Waals surface area contributed by atoms with Crippen LogP contribution in [-0.4, -0.2) is 31.5 Å². The Labute approximate surface area is 88.8 Å². The number of likely N-dealkylation sites (N-methyl/N-ethyl adjacent to an activating group) is 1. The van der Waals surface area contributed by atoms with Gasteiger partial charge >= 0.3 is 0 Å². The average Bonchev–Trinajstić information content (AvgIpc) is 2.60. The highest BCUT2D eigenvalue weighted by atomic mass is 16.5. The monoisotopic (exact) mass is 206 g/mol. The van der Waals surface area contributed by atoms with E-state index in [-0.39, 0.29) is 12.1 Å². The minimum absolute atomic E-state index is 0.0346. The number of nitrogens with one attached hydrogen (secondary N) is 1. The summed E-state index contributed by atoms with van der Waals surface area (Å²) >= 11 is 0. The zero-order valence-corrected chi connectivity index (χ0v) is 8.86. The summed E-state index contributed by atoms with van der Waals surface area (Å²) in [6.07, 6.45) is -0.0346. The van der Waals surface area contributed by atoms with Crippen LogP contribution in [-0.2, 0) is 4.79 Å². The van der Waals surface area contributed by atoms with Crippen LogP contribution in [0.3, 0.4) is 0 Å². The average molecular weight is 206 g/mol. The summed E-state index contributed by atoms with van der Waals surface area (Å²) in [5.74, 6) is 0.921. The Morgan fingerprint density at radius 2 is 2.33 bits per heavy atom. The first-order chi connectivity index (χ1) is 7.22. The first-order valence-electron chi connectivity index (χ1n) is 4.85. The van der Waals surface area contributed by atoms with Crippen molar-refractivity contribution in [2.75, 3.05) is 20.7 Å². The smallest absolute Gasteiger partial charge is 0.237 e. The van der Waals surface area contributed by atoms with Gasteiger partial charge < -0.3 is 9.64 Å². The molecule has 80 valence electrons. The van der Waals surface area contributed by atoms with E-state index in [0.29, 0.717) is 6.54 Å². The summed E-state index contributed by atoms with van der Waals surface area (Å²) < 4.78 is 5.15. The third-order valence-electron chi connectivity index (χ3n) is 2.64. The van der Waals surface area contributed by atoms with Gasteiger partial charge in [-0.15, -0.1) is 0 Å². The first kappa shape index (κ1) is 9.98. The molecule has 0 aliphatic carbocycles. The quantitative estimate of drug-likeness (QED) is 0.776. The van der Waals surface area contributed by atoms with Crippen molar-refractivity contribution in [1.82, 2.24) is 10.2 Å². The van der Waals surface area contributed by atoms with E-state index in [1.54, 1.807) is 19.1 Å². The molecule has 1 unspecified atom stereocenters. The Bertz CT molecular complexity index is 379. The van der Waals surface area contributed by atoms with Gasteiger partial charge in [-0.1, -0.05) is 12.1 Å². The van der Waals surface area contributed by atoms with E-state index >= 15 is 0 Å². The van der Waals surface area contributed by atoms with Crippen LogP contribution < -0.4 is 10.1 Å². The molecule has 1 heterocycles. The Morgan fingerprint density at radius 1 is 1.53 bits per heavy atom. The lowest BCUT2D eigenvalue weighted by molar-refractivity contribution is -0.126. The van der Waals surface area contributed by atoms with Crippen molar-refractivity contribution in [2.24, 2.45) is 0 Å². The Kier molecular flexibility index (Phi) is 2.60. The molecule has 1 aromatic rings. The minimum atomic E-state index is -0.0346. The number of rotatable bonds is 2. The van der Waals surface area contributed by atoms with Crippen LogP contribution in [0, 0.1) is 0 Å². The van der Waals surface area contributed by atoms with E-state index in [0.717, 1.165) is 11.3 Å². The van der Waals surface area contributed by atoms with Crippen LogP contribution in [0.5, 0.6) is 5.75 Å². The van der Waals surface area contributed by atoms with Crippen LogP contribution in [0.2, 0.25) is 0 Å². The standard InChI is InChI=1S/C11H14N2O2/c1-13-10(14)7-12-11(13)8-4-3-5-9(6-8)15-2/h3-6,11-12H,7H2,1-2H3. The lowest BCUT2D eigenvalue weighted by Gasteiger charge is -2.20. The van der Waals surface area contributed by atoms with Gasteiger partial charge in [0.05, 0.1) is 13.7 Å². The molecule has 1 atom stereocenters. The number of methoxy groups -OCH3 is 1. The van der Waals surface area contributed by atoms with Gasteiger partial charge in [-0.25, -0.2) is 0 Å². The fraction of sp³-hybridized carbons (Fsp3) is 0.364. The topological polar surface area (TPSA) is 41.6 Å². The Hall–Kier alpha value is -1.55. The summed E-state index contributed by atoms with van der Waals surface area (Å²) in [5.41, 5.74) is 1.04. The molecule has 1 aliphatic rings. The third-order valence-corrected chi connectivity index (χ3v) is 2.64. The van der Waals surface area contributed by atoms with Gasteiger partial charge in [0.15, 0.2) is 0 Å². The van der Waals surface area contributed by atoms with Gasteiger partial charge in [0.25, 0.3) is 0 Å². The molecule has 0 saturated carbocycles. The van der Waals surface area contributed by atoms with E-state index in [4.69, 9.17) is 4.74 Å². The molecule has 0 bridgehead atoms. The number of carbonyl (C=O) groups excluding carboxylic acids is 1. The van der Waals surface area contributed by atoms with Crippen molar-refractivity contribution in [3.8, 4) is 5.75 Å². The molecule has 0 aromatic heterocycles. The van der Waals surface area contributed by atoms with Gasteiger partial charge in [-0.3, -0.25) is 10.1 Å². The van der Waals surface area contributed by atoms with Crippen molar-refractivity contribution in [2.45, 2.75) is 6.17 Å². The Balaban J connectivity index is 2.26. The molecule has 1 saturated heterocycles. The van der Waals surface area contributed by atoms with E-state index < -0.39 is 0 Å². The molecule has 1 fully saturated rings. The number of amides is 1. The molecule has 0 spiro atoms. The van der Waals surface area contributed by atoms with Crippen LogP contribution in [0.15, 0.2) is 24.3 Å². The number of ether oxygens (including phenoxy) is 1. The highest BCUT2D eigenvalue weighted by Gasteiger charge is 2.28. The zero-order chi connectivity index (χ0) is 10.8. The van der Waals surface area contributed by atoms with Crippen molar-refractivity contribution in [3.63, 3.8) is 0 Å². The van der Waals surface area contributed by atoms with Gasteiger partial charge in [0.2, 0.25) is 5.91 Å². The predicted octanol–water partition coefficient (Wildman–Crippen LogP) is 0.755. The highest BCUT2D eigenvalue weighted by Crippen LogP contribution is 2.23. The SMILES string of the molecule is COc1cccc(C2NCC(=O)N2C)c1. The number of hydrogen-bond donors (Lipinski definition) is 1. The summed E-state index contributed by atoms with van der Waals surface area (Å²) in [4.78, 5) is 13.0. The van der Waals surface area contributed by atoms with Crippen LogP contribution >= 0.6 is 0 Å². The highest BCUT2D eigenvalue weighted by molar-refractivity contribution is 5.80. The largest absolute Gasteiger partial charge is 0.497 e. The number of benzene rings is 1. The number of nitrogens with zero attached hydrogens (tertiary/aromatic N) is 1. The second-order valence-corrected chi connectivity index (χ2v) is 3.56. The number of hydrogen-bond acceptors (Lipinski definition) is 3. The van der Waals surface area contributed by atoms with E-state index in [2.05, 4.69) is 5.32 Å². The molecular weight excluding hydrogens is 192 g/mol. The van der Waals surface area contributed by atoms with Crippen molar-refractivity contribution in [1.29, 1.82) is 0 Å². The van der Waals surface area contributed by atoms with Gasteiger partial charge in [-0.05, 0) is 17.7 Å². The van der Waals surface area contributed by atoms with Crippen LogP contribution in [0.25, 0.3) is 0 Å². The minimum Gasteiger partial charge on any atom is -0.497 e. The molecule has 1 aromatic carbocycles. The van der Waals surface area contributed by atoms with Gasteiger partial charge in [0, 0.05) is 7.05 Å². The van der Waals surface area contributed by atoms with Gasteiger partial charge in [-0.2, -0.15) is 0 Å². The maximum absolute atomic E-state index is 11.3. The molecule has 15 heavy (non-hydrogen) atoms. The normalized spacial score (nSPS) is 20.8. The van der Waals surface area contributed by atoms with Crippen LogP contribution in [0.4, 0.5) is 0 Å². The van der Waals surface area contributed by atoms with E-state index in [9.17, 15) is 4.79 Å². The third kappa shape index (κ3) is 1.80. The summed E-state index contributed by atoms with van der Waals surface area (Å²) in [6, 6.07) is 7.73. The lowest BCUT2D eigenvalue weighted by Crippen LogP contribution is -2.25. The molecule has 2 rings (SSSR count). The van der Waals surface area contributed by atoms with Crippen molar-refractivity contribution in [3.05, 3.63) is 29.8 Å². The number of carbonyl (C=O) groups is 1.